The third-order valence-corrected chi connectivity index (χ3v) is 3.66. The lowest BCUT2D eigenvalue weighted by Gasteiger charge is -2.37. The van der Waals surface area contributed by atoms with Crippen LogP contribution in [0.5, 0.6) is 0 Å². The van der Waals surface area contributed by atoms with E-state index in [-0.39, 0.29) is 0 Å². The van der Waals surface area contributed by atoms with Crippen molar-refractivity contribution in [3.63, 3.8) is 0 Å². The molecule has 1 heteroatoms. The molecule has 0 spiro atoms. The van der Waals surface area contributed by atoms with Crippen LogP contribution in [-0.2, 0) is 0 Å². The molecule has 0 aromatic heterocycles. The quantitative estimate of drug-likeness (QED) is 0.558. The predicted octanol–water partition coefficient (Wildman–Crippen LogP) is 2.13. The molecule has 1 aliphatic heterocycles. The summed E-state index contributed by atoms with van der Waals surface area (Å²) in [4.78, 5) is 2.59. The molecule has 0 radical (unpaired) electrons. The first-order valence-corrected chi connectivity index (χ1v) is 5.01. The van der Waals surface area contributed by atoms with Gasteiger partial charge < -0.3 is 4.90 Å². The Balaban J connectivity index is 2.07. The zero-order chi connectivity index (χ0) is 7.84. The van der Waals surface area contributed by atoms with E-state index in [1.54, 1.807) is 0 Å². The highest BCUT2D eigenvalue weighted by Crippen LogP contribution is 2.40. The van der Waals surface area contributed by atoms with E-state index in [0.29, 0.717) is 0 Å². The fourth-order valence-corrected chi connectivity index (χ4v) is 3.18. The van der Waals surface area contributed by atoms with Crippen LogP contribution in [0, 0.1) is 11.8 Å². The Morgan fingerprint density at radius 3 is 2.91 bits per heavy atom. The predicted molar refractivity (Wildman–Crippen MR) is 47.5 cm³/mol. The fraction of sp³-hybridized carbons (Fsp3) is 1.00. The van der Waals surface area contributed by atoms with E-state index in [9.17, 15) is 0 Å². The maximum atomic E-state index is 2.59. The van der Waals surface area contributed by atoms with Crippen molar-refractivity contribution in [3.05, 3.63) is 0 Å². The Bertz CT molecular complexity index is 144. The first-order valence-electron chi connectivity index (χ1n) is 5.01. The zero-order valence-corrected chi connectivity index (χ0v) is 7.71. The number of fused-ring (bicyclic) bond motifs is 2. The highest BCUT2D eigenvalue weighted by atomic mass is 15.1. The van der Waals surface area contributed by atoms with E-state index in [1.165, 1.54) is 32.2 Å². The van der Waals surface area contributed by atoms with Gasteiger partial charge in [0.25, 0.3) is 0 Å². The molecule has 0 amide bonds. The van der Waals surface area contributed by atoms with Crippen LogP contribution in [0.15, 0.2) is 0 Å². The van der Waals surface area contributed by atoms with Crippen molar-refractivity contribution in [2.24, 2.45) is 11.8 Å². The van der Waals surface area contributed by atoms with Gasteiger partial charge in [-0.3, -0.25) is 0 Å². The standard InChI is InChI=1S/C10H19N/c1-3-10-9-5-4-8(6-9)7-11(10)2/h8-10H,3-7H2,1-2H3. The van der Waals surface area contributed by atoms with Crippen LogP contribution in [0.3, 0.4) is 0 Å². The van der Waals surface area contributed by atoms with E-state index in [0.717, 1.165) is 17.9 Å². The van der Waals surface area contributed by atoms with Crippen LogP contribution in [0.1, 0.15) is 32.6 Å². The number of nitrogens with zero attached hydrogens (tertiary/aromatic N) is 1. The highest BCUT2D eigenvalue weighted by Gasteiger charge is 2.37. The minimum Gasteiger partial charge on any atom is -0.303 e. The highest BCUT2D eigenvalue weighted by molar-refractivity contribution is 4.91. The summed E-state index contributed by atoms with van der Waals surface area (Å²) >= 11 is 0. The van der Waals surface area contributed by atoms with Gasteiger partial charge >= 0.3 is 0 Å². The number of piperidine rings is 1. The van der Waals surface area contributed by atoms with Gasteiger partial charge in [-0.15, -0.1) is 0 Å². The third-order valence-electron chi connectivity index (χ3n) is 3.66. The van der Waals surface area contributed by atoms with Crippen LogP contribution < -0.4 is 0 Å². The van der Waals surface area contributed by atoms with Gasteiger partial charge in [-0.1, -0.05) is 6.92 Å². The maximum absolute atomic E-state index is 2.59. The van der Waals surface area contributed by atoms with Crippen LogP contribution in [-0.4, -0.2) is 24.5 Å². The molecule has 1 saturated carbocycles. The Kier molecular flexibility index (Phi) is 1.92. The first kappa shape index (κ1) is 7.60. The summed E-state index contributed by atoms with van der Waals surface area (Å²) < 4.78 is 0. The Hall–Kier alpha value is -0.0400. The van der Waals surface area contributed by atoms with Crippen molar-refractivity contribution < 1.29 is 0 Å². The number of rotatable bonds is 1. The molecular formula is C10H19N. The first-order chi connectivity index (χ1) is 5.31. The van der Waals surface area contributed by atoms with E-state index in [4.69, 9.17) is 0 Å². The third kappa shape index (κ3) is 1.20. The lowest BCUT2D eigenvalue weighted by Crippen LogP contribution is -2.42. The van der Waals surface area contributed by atoms with Gasteiger partial charge in [-0.05, 0) is 44.6 Å². The average molecular weight is 153 g/mol. The van der Waals surface area contributed by atoms with E-state index < -0.39 is 0 Å². The van der Waals surface area contributed by atoms with Crippen LogP contribution in [0.4, 0.5) is 0 Å². The fourth-order valence-electron chi connectivity index (χ4n) is 3.18. The second kappa shape index (κ2) is 2.78. The molecule has 0 aromatic carbocycles. The lowest BCUT2D eigenvalue weighted by molar-refractivity contribution is 0.117. The van der Waals surface area contributed by atoms with Crippen molar-refractivity contribution >= 4 is 0 Å². The molecule has 11 heavy (non-hydrogen) atoms. The summed E-state index contributed by atoms with van der Waals surface area (Å²) in [7, 11) is 2.30. The molecule has 1 nitrogen and oxygen atoms in total. The topological polar surface area (TPSA) is 3.24 Å². The van der Waals surface area contributed by atoms with E-state index >= 15 is 0 Å². The zero-order valence-electron chi connectivity index (χ0n) is 7.71. The van der Waals surface area contributed by atoms with Gasteiger partial charge in [-0.25, -0.2) is 0 Å². The summed E-state index contributed by atoms with van der Waals surface area (Å²) in [5, 5.41) is 0. The Morgan fingerprint density at radius 1 is 1.36 bits per heavy atom. The Morgan fingerprint density at radius 2 is 2.18 bits per heavy atom. The van der Waals surface area contributed by atoms with Gasteiger partial charge in [-0.2, -0.15) is 0 Å². The van der Waals surface area contributed by atoms with E-state index in [2.05, 4.69) is 18.9 Å². The minimum absolute atomic E-state index is 0.911. The van der Waals surface area contributed by atoms with Crippen LogP contribution in [0.25, 0.3) is 0 Å². The van der Waals surface area contributed by atoms with Gasteiger partial charge in [0.1, 0.15) is 0 Å². The van der Waals surface area contributed by atoms with Gasteiger partial charge in [0.15, 0.2) is 0 Å². The monoisotopic (exact) mass is 153 g/mol. The largest absolute Gasteiger partial charge is 0.303 e. The molecule has 1 aliphatic carbocycles. The van der Waals surface area contributed by atoms with Crippen molar-refractivity contribution in [2.45, 2.75) is 38.6 Å². The molecule has 3 atom stereocenters. The SMILES string of the molecule is CCC1C2CCC(C2)CN1C. The molecular weight excluding hydrogens is 134 g/mol. The molecule has 2 aliphatic rings. The van der Waals surface area contributed by atoms with Crippen molar-refractivity contribution in [1.82, 2.24) is 4.90 Å². The van der Waals surface area contributed by atoms with Crippen molar-refractivity contribution in [3.8, 4) is 0 Å². The normalized spacial score (nSPS) is 44.7. The molecule has 2 fully saturated rings. The molecule has 64 valence electrons. The van der Waals surface area contributed by atoms with Gasteiger partial charge in [0.05, 0.1) is 0 Å². The van der Waals surface area contributed by atoms with E-state index in [1.807, 2.05) is 0 Å². The molecule has 0 N–H and O–H groups in total. The number of likely N-dealkylation sites (tertiary alicyclic amines) is 1. The summed E-state index contributed by atoms with van der Waals surface area (Å²) in [5.41, 5.74) is 0. The average Bonchev–Trinajstić information content (AvgIpc) is 2.34. The van der Waals surface area contributed by atoms with Gasteiger partial charge in [0.2, 0.25) is 0 Å². The maximum Gasteiger partial charge on any atom is 0.0118 e. The second-order valence-corrected chi connectivity index (χ2v) is 4.35. The van der Waals surface area contributed by atoms with Gasteiger partial charge in [0, 0.05) is 12.6 Å². The molecule has 0 aromatic rings. The molecule has 3 unspecified atom stereocenters. The molecule has 1 saturated heterocycles. The summed E-state index contributed by atoms with van der Waals surface area (Å²) in [6.45, 7) is 3.70. The summed E-state index contributed by atoms with van der Waals surface area (Å²) in [6.07, 6.45) is 5.90. The smallest absolute Gasteiger partial charge is 0.0118 e. The van der Waals surface area contributed by atoms with Crippen molar-refractivity contribution in [1.29, 1.82) is 0 Å². The minimum atomic E-state index is 0.911. The Labute approximate surface area is 69.8 Å². The second-order valence-electron chi connectivity index (χ2n) is 4.35. The van der Waals surface area contributed by atoms with Crippen LogP contribution >= 0.6 is 0 Å². The van der Waals surface area contributed by atoms with Crippen molar-refractivity contribution in [2.75, 3.05) is 13.6 Å². The molecule has 2 bridgehead atoms. The summed E-state index contributed by atoms with van der Waals surface area (Å²) in [6, 6.07) is 0.911. The lowest BCUT2D eigenvalue weighted by atomic mass is 9.89. The summed E-state index contributed by atoms with van der Waals surface area (Å²) in [5.74, 6) is 2.09. The number of hydrogen-bond donors (Lipinski definition) is 0. The van der Waals surface area contributed by atoms with Crippen LogP contribution in [0.2, 0.25) is 0 Å². The number of hydrogen-bond acceptors (Lipinski definition) is 1. The molecule has 1 heterocycles. The molecule has 2 rings (SSSR count).